The molecule has 11 rings (SSSR count). The van der Waals surface area contributed by atoms with Gasteiger partial charge in [-0.2, -0.15) is 25.4 Å². The molecule has 0 amide bonds. The molecule has 10 aromatic rings. The molecule has 2 N–H and O–H groups in total. The quantitative estimate of drug-likeness (QED) is 0.0812. The van der Waals surface area contributed by atoms with Crippen molar-refractivity contribution in [2.24, 2.45) is 12.5 Å². The van der Waals surface area contributed by atoms with Crippen molar-refractivity contribution in [3.8, 4) is 0 Å². The van der Waals surface area contributed by atoms with Gasteiger partial charge in [-0.1, -0.05) is 77.5 Å². The number of H-pyrrole nitrogens is 2. The smallest absolute Gasteiger partial charge is 0.292 e. The Hall–Kier alpha value is -6.52. The summed E-state index contributed by atoms with van der Waals surface area (Å²) in [5, 5.41) is 33.3. The van der Waals surface area contributed by atoms with Gasteiger partial charge in [0, 0.05) is 48.4 Å². The zero-order valence-corrected chi connectivity index (χ0v) is 50.6. The van der Waals surface area contributed by atoms with Crippen LogP contribution in [0.1, 0.15) is 77.2 Å². The molecule has 0 atom stereocenters. The lowest BCUT2D eigenvalue weighted by Crippen LogP contribution is -2.27. The topological polar surface area (TPSA) is 255 Å². The molecule has 1 aliphatic carbocycles. The Kier molecular flexibility index (Phi) is 34.7. The van der Waals surface area contributed by atoms with Gasteiger partial charge in [0.05, 0.1) is 34.8 Å². The van der Waals surface area contributed by atoms with Crippen LogP contribution < -0.4 is 4.57 Å². The lowest BCUT2D eigenvalue weighted by atomic mass is 10.2. The normalized spacial score (nSPS) is 11.2. The van der Waals surface area contributed by atoms with E-state index in [1.807, 2.05) is 116 Å². The summed E-state index contributed by atoms with van der Waals surface area (Å²) in [6.45, 7) is 23.0. The number of nitrogens with zero attached hydrogens (tertiary/aromatic N) is 15. The van der Waals surface area contributed by atoms with E-state index in [1.54, 1.807) is 62.6 Å². The fourth-order valence-electron chi connectivity index (χ4n) is 4.17. The third kappa shape index (κ3) is 35.7. The zero-order chi connectivity index (χ0) is 58.5. The van der Waals surface area contributed by atoms with Crippen molar-refractivity contribution in [2.45, 2.75) is 93.8 Å². The zero-order valence-electron chi connectivity index (χ0n) is 45.3. The Morgan fingerprint density at radius 3 is 1.55 bits per heavy atom. The summed E-state index contributed by atoms with van der Waals surface area (Å²) in [5.41, 5.74) is 7.01. The van der Waals surface area contributed by atoms with Crippen LogP contribution >= 0.6 is 81.2 Å². The molecule has 418 valence electrons. The lowest BCUT2D eigenvalue weighted by Gasteiger charge is -1.99. The standard InChI is InChI=1S/3C6H6ClN.C5H8Cl2.C5H5ClN2.C5H6N2.C4H4ClNO.C4H7N3.C4H5NO.C3H5N3.C3H4N2O/c1-5-2-6(7)4-8-3-5;1-5-2-3-6(7)8-4-5;1-5-3-2-4-8-6(5)7;1-4(2)3-5(4,6)7;1-4-2-3-5(6)8-7-4;1-5-3-2-4-6-7-5;1-3-2-7-4(5)6-3;1-4-6-5-3-7(4)2;1-4-2-6-3-5-4;1-3-4-2-5-6-3;1-3-4-2-6-5-3/h3*2-4H,1H3;3H2,1-2H3;2-3H,1H3;2-4H,1H3;2H,1H3;3H,1-2H3;2-3H,1H3;2H,1H3,(H,4,5,6);2H,1H3/p+1. The van der Waals surface area contributed by atoms with Gasteiger partial charge in [-0.15, -0.1) is 33.4 Å². The van der Waals surface area contributed by atoms with Crippen molar-refractivity contribution in [1.29, 1.82) is 0 Å². The molecule has 0 radical (unpaired) electrons. The highest BCUT2D eigenvalue weighted by molar-refractivity contribution is 6.51. The maximum absolute atomic E-state index is 5.70. The van der Waals surface area contributed by atoms with Crippen LogP contribution in [0.3, 0.4) is 0 Å². The summed E-state index contributed by atoms with van der Waals surface area (Å²) in [4.78, 5) is 26.4. The van der Waals surface area contributed by atoms with E-state index in [2.05, 4.69) is 108 Å². The first-order valence-electron chi connectivity index (χ1n) is 22.9. The minimum atomic E-state index is -0.410. The van der Waals surface area contributed by atoms with Gasteiger partial charge >= 0.3 is 0 Å². The van der Waals surface area contributed by atoms with Crippen molar-refractivity contribution >= 4 is 81.2 Å². The molecule has 0 saturated heterocycles. The van der Waals surface area contributed by atoms with Gasteiger partial charge in [0.15, 0.2) is 17.4 Å². The van der Waals surface area contributed by atoms with Crippen LogP contribution in [0.25, 0.3) is 0 Å². The SMILES string of the molecule is CC1(C)CC1(Cl)Cl.Cc1[nH]nc[n+]1C.Cc1ccc(Cl)nc1.Cc1ccc(Cl)nn1.Cc1cccnc1Cl.Cc1cccnn1.Cc1cncc(Cl)c1.Cc1coc(Cl)n1.Cc1cocn1.Cc1ncn[nH]1.Cc1ncon1. The molecular weight excluding hydrogens is 1150 g/mol. The van der Waals surface area contributed by atoms with Crippen molar-refractivity contribution in [2.75, 3.05) is 0 Å². The number of oxazole rings is 2. The van der Waals surface area contributed by atoms with E-state index < -0.39 is 4.33 Å². The summed E-state index contributed by atoms with van der Waals surface area (Å²) in [6.07, 6.45) is 18.4. The second-order valence-corrected chi connectivity index (χ2v) is 19.9. The van der Waals surface area contributed by atoms with Crippen molar-refractivity contribution in [1.82, 2.24) is 80.8 Å². The van der Waals surface area contributed by atoms with E-state index in [0.717, 1.165) is 57.5 Å². The van der Waals surface area contributed by atoms with E-state index in [1.165, 1.54) is 25.4 Å². The summed E-state index contributed by atoms with van der Waals surface area (Å²) in [5.74, 6) is 2.60. The first-order chi connectivity index (χ1) is 36.8. The highest BCUT2D eigenvalue weighted by atomic mass is 35.5. The van der Waals surface area contributed by atoms with Crippen LogP contribution in [0.15, 0.2) is 137 Å². The van der Waals surface area contributed by atoms with E-state index in [4.69, 9.17) is 81.2 Å². The molecule has 78 heavy (non-hydrogen) atoms. The summed E-state index contributed by atoms with van der Waals surface area (Å²) in [7, 11) is 1.94. The Bertz CT molecular complexity index is 2780. The molecule has 20 nitrogen and oxygen atoms in total. The monoisotopic (exact) mass is 1210 g/mol. The number of aromatic nitrogens is 17. The fraction of sp³-hybridized carbons (Fsp3) is 0.314. The van der Waals surface area contributed by atoms with Gasteiger partial charge < -0.3 is 13.4 Å². The Morgan fingerprint density at radius 2 is 1.31 bits per heavy atom. The molecule has 10 aromatic heterocycles. The van der Waals surface area contributed by atoms with Crippen LogP contribution in [0.2, 0.25) is 25.8 Å². The maximum Gasteiger partial charge on any atom is 0.292 e. The molecule has 0 aromatic carbocycles. The number of hydrogen-bond donors (Lipinski definition) is 2. The predicted molar refractivity (Wildman–Crippen MR) is 305 cm³/mol. The summed E-state index contributed by atoms with van der Waals surface area (Å²) < 4.78 is 15.1. The average Bonchev–Trinajstić information content (AvgIpc) is 4.22. The third-order valence-corrected chi connectivity index (χ3v) is 11.3. The van der Waals surface area contributed by atoms with Gasteiger partial charge in [-0.05, 0) is 139 Å². The van der Waals surface area contributed by atoms with Gasteiger partial charge in [0.2, 0.25) is 12.2 Å². The first kappa shape index (κ1) is 69.5. The van der Waals surface area contributed by atoms with Gasteiger partial charge in [0.1, 0.15) is 39.3 Å². The Balaban J connectivity index is 0.000000430. The minimum absolute atomic E-state index is 0.177. The van der Waals surface area contributed by atoms with Crippen LogP contribution in [0, 0.1) is 74.7 Å². The van der Waals surface area contributed by atoms with Gasteiger partial charge in [0.25, 0.3) is 11.7 Å². The third-order valence-electron chi connectivity index (χ3n) is 8.80. The largest absolute Gasteiger partial charge is 0.452 e. The number of rotatable bonds is 0. The second kappa shape index (κ2) is 38.9. The van der Waals surface area contributed by atoms with Crippen molar-refractivity contribution in [3.05, 3.63) is 206 Å². The molecule has 1 fully saturated rings. The maximum atomic E-state index is 5.70. The Morgan fingerprint density at radius 1 is 0.628 bits per heavy atom. The number of hydrogen-bond acceptors (Lipinski definition) is 17. The molecule has 1 saturated carbocycles. The van der Waals surface area contributed by atoms with Crippen LogP contribution in [0.5, 0.6) is 0 Å². The van der Waals surface area contributed by atoms with Gasteiger partial charge in [-0.3, -0.25) is 10.1 Å². The summed E-state index contributed by atoms with van der Waals surface area (Å²) in [6, 6.07) is 16.7. The van der Waals surface area contributed by atoms with Gasteiger partial charge in [-0.25, -0.2) is 29.5 Å². The molecule has 0 spiro atoms. The van der Waals surface area contributed by atoms with Crippen LogP contribution in [0.4, 0.5) is 0 Å². The fourth-order valence-corrected chi connectivity index (χ4v) is 5.58. The molecule has 27 heteroatoms. The number of nitrogens with one attached hydrogen (secondary N) is 2. The number of alkyl halides is 2. The minimum Gasteiger partial charge on any atom is -0.452 e. The molecule has 1 aliphatic rings. The number of aryl methyl sites for hydroxylation is 11. The number of aromatic amines is 2. The number of halogens is 7. The highest BCUT2D eigenvalue weighted by Gasteiger charge is 2.59. The molecule has 0 bridgehead atoms. The highest BCUT2D eigenvalue weighted by Crippen LogP contribution is 2.63. The molecule has 0 unspecified atom stereocenters. The predicted octanol–water partition coefficient (Wildman–Crippen LogP) is 13.6. The lowest BCUT2D eigenvalue weighted by molar-refractivity contribution is -0.677. The first-order valence-corrected chi connectivity index (χ1v) is 25.6. The van der Waals surface area contributed by atoms with Crippen molar-refractivity contribution in [3.63, 3.8) is 0 Å². The summed E-state index contributed by atoms with van der Waals surface area (Å²) >= 11 is 38.8. The number of pyridine rings is 3. The van der Waals surface area contributed by atoms with Crippen molar-refractivity contribution < 1.29 is 17.9 Å². The van der Waals surface area contributed by atoms with E-state index in [-0.39, 0.29) is 10.8 Å². The second-order valence-electron chi connectivity index (χ2n) is 16.6. The van der Waals surface area contributed by atoms with Crippen LogP contribution in [-0.2, 0) is 7.05 Å². The molecule has 0 aliphatic heterocycles. The average molecular weight is 1210 g/mol. The van der Waals surface area contributed by atoms with E-state index in [0.29, 0.717) is 26.3 Å². The Labute approximate surface area is 489 Å². The molecule has 10 heterocycles. The van der Waals surface area contributed by atoms with E-state index >= 15 is 0 Å². The van der Waals surface area contributed by atoms with E-state index in [9.17, 15) is 0 Å². The van der Waals surface area contributed by atoms with Crippen LogP contribution in [-0.4, -0.2) is 85.2 Å². The molecular formula is C51H63Cl7N17O3+.